The second kappa shape index (κ2) is 7.83. The van der Waals surface area contributed by atoms with Gasteiger partial charge in [0.25, 0.3) is 0 Å². The van der Waals surface area contributed by atoms with Gasteiger partial charge in [0.05, 0.1) is 5.75 Å². The zero-order chi connectivity index (χ0) is 15.1. The first-order valence-electron chi connectivity index (χ1n) is 8.03. The van der Waals surface area contributed by atoms with Crippen LogP contribution in [0.15, 0.2) is 24.3 Å². The lowest BCUT2D eigenvalue weighted by Gasteiger charge is -2.10. The van der Waals surface area contributed by atoms with Crippen molar-refractivity contribution >= 4 is 15.5 Å². The number of nitrogens with one attached hydrogen (secondary N) is 1. The first-order valence-corrected chi connectivity index (χ1v) is 10.1. The predicted octanol–water partition coefficient (Wildman–Crippen LogP) is 3.66. The van der Waals surface area contributed by atoms with Gasteiger partial charge >= 0.3 is 0 Å². The van der Waals surface area contributed by atoms with Crippen LogP contribution in [0.3, 0.4) is 0 Å². The molecule has 2 rings (SSSR count). The maximum Gasteiger partial charge on any atom is 0.147 e. The van der Waals surface area contributed by atoms with E-state index in [1.165, 1.54) is 44.8 Å². The van der Waals surface area contributed by atoms with Crippen LogP contribution in [0.5, 0.6) is 0 Å². The van der Waals surface area contributed by atoms with Crippen LogP contribution in [0.2, 0.25) is 0 Å². The highest BCUT2D eigenvalue weighted by molar-refractivity contribution is 7.90. The molecular formula is C17H27NO2S. The number of anilines is 1. The number of aryl methyl sites for hydroxylation is 1. The fraction of sp³-hybridized carbons (Fsp3) is 0.647. The Kier molecular flexibility index (Phi) is 6.09. The van der Waals surface area contributed by atoms with E-state index in [0.29, 0.717) is 6.42 Å². The molecule has 0 saturated heterocycles. The van der Waals surface area contributed by atoms with Crippen LogP contribution in [-0.2, 0) is 16.3 Å². The molecular weight excluding hydrogens is 282 g/mol. The van der Waals surface area contributed by atoms with Gasteiger partial charge in [-0.25, -0.2) is 8.42 Å². The summed E-state index contributed by atoms with van der Waals surface area (Å²) in [7, 11) is -2.87. The monoisotopic (exact) mass is 309 g/mol. The molecule has 1 aliphatic carbocycles. The number of sulfone groups is 1. The number of hydrogen-bond acceptors (Lipinski definition) is 3. The molecule has 1 N–H and O–H groups in total. The minimum Gasteiger partial charge on any atom is -0.385 e. The summed E-state index contributed by atoms with van der Waals surface area (Å²) in [6.45, 7) is 1.03. The average Bonchev–Trinajstić information content (AvgIpc) is 2.95. The van der Waals surface area contributed by atoms with E-state index in [9.17, 15) is 8.42 Å². The molecule has 3 nitrogen and oxygen atoms in total. The number of hydrogen-bond donors (Lipinski definition) is 1. The Balaban J connectivity index is 1.67. The third kappa shape index (κ3) is 6.51. The SMILES string of the molecule is CS(=O)(=O)CCc1ccc(NCCCC2CCCC2)cc1. The van der Waals surface area contributed by atoms with Gasteiger partial charge in [0.1, 0.15) is 9.84 Å². The van der Waals surface area contributed by atoms with Gasteiger partial charge in [-0.2, -0.15) is 0 Å². The highest BCUT2D eigenvalue weighted by atomic mass is 32.2. The van der Waals surface area contributed by atoms with Gasteiger partial charge in [-0.05, 0) is 42.9 Å². The summed E-state index contributed by atoms with van der Waals surface area (Å²) in [5, 5.41) is 3.45. The van der Waals surface area contributed by atoms with E-state index in [4.69, 9.17) is 0 Å². The first kappa shape index (κ1) is 16.3. The van der Waals surface area contributed by atoms with E-state index in [1.807, 2.05) is 24.3 Å². The minimum atomic E-state index is -2.87. The molecule has 0 aliphatic heterocycles. The Morgan fingerprint density at radius 3 is 2.43 bits per heavy atom. The zero-order valence-corrected chi connectivity index (χ0v) is 13.8. The molecule has 0 bridgehead atoms. The lowest BCUT2D eigenvalue weighted by Crippen LogP contribution is -2.06. The van der Waals surface area contributed by atoms with Gasteiger partial charge in [-0.3, -0.25) is 0 Å². The van der Waals surface area contributed by atoms with Gasteiger partial charge < -0.3 is 5.32 Å². The van der Waals surface area contributed by atoms with Gasteiger partial charge in [-0.15, -0.1) is 0 Å². The van der Waals surface area contributed by atoms with Crippen LogP contribution >= 0.6 is 0 Å². The lowest BCUT2D eigenvalue weighted by atomic mass is 10.0. The van der Waals surface area contributed by atoms with E-state index in [0.717, 1.165) is 23.7 Å². The molecule has 0 spiro atoms. The summed E-state index contributed by atoms with van der Waals surface area (Å²) in [6.07, 6.45) is 10.2. The fourth-order valence-corrected chi connectivity index (χ4v) is 3.62. The molecule has 21 heavy (non-hydrogen) atoms. The molecule has 1 fully saturated rings. The predicted molar refractivity (Wildman–Crippen MR) is 89.5 cm³/mol. The molecule has 4 heteroatoms. The third-order valence-corrected chi connectivity index (χ3v) is 5.25. The largest absolute Gasteiger partial charge is 0.385 e. The average molecular weight is 309 g/mol. The van der Waals surface area contributed by atoms with Gasteiger partial charge in [0, 0.05) is 18.5 Å². The highest BCUT2D eigenvalue weighted by Gasteiger charge is 2.13. The first-order chi connectivity index (χ1) is 10.0. The maximum absolute atomic E-state index is 11.1. The molecule has 1 saturated carbocycles. The molecule has 0 radical (unpaired) electrons. The summed E-state index contributed by atoms with van der Waals surface area (Å²) < 4.78 is 22.3. The van der Waals surface area contributed by atoms with Crippen molar-refractivity contribution in [2.24, 2.45) is 5.92 Å². The third-order valence-electron chi connectivity index (χ3n) is 4.31. The Bertz CT molecular complexity index is 516. The van der Waals surface area contributed by atoms with Crippen molar-refractivity contribution in [1.82, 2.24) is 0 Å². The van der Waals surface area contributed by atoms with Gasteiger partial charge in [0.2, 0.25) is 0 Å². The Labute approximate surface area is 129 Å². The molecule has 0 atom stereocenters. The minimum absolute atomic E-state index is 0.223. The second-order valence-electron chi connectivity index (χ2n) is 6.30. The Morgan fingerprint density at radius 2 is 1.81 bits per heavy atom. The molecule has 1 aromatic carbocycles. The van der Waals surface area contributed by atoms with Crippen LogP contribution in [0.25, 0.3) is 0 Å². The maximum atomic E-state index is 11.1. The Hall–Kier alpha value is -1.03. The summed E-state index contributed by atoms with van der Waals surface area (Å²) in [5.41, 5.74) is 2.21. The topological polar surface area (TPSA) is 46.2 Å². The van der Waals surface area contributed by atoms with Crippen molar-refractivity contribution in [3.63, 3.8) is 0 Å². The standard InChI is InChI=1S/C17H27NO2S/c1-21(19,20)14-12-16-8-10-17(11-9-16)18-13-4-7-15-5-2-3-6-15/h8-11,15,18H,2-7,12-14H2,1H3. The summed E-state index contributed by atoms with van der Waals surface area (Å²) in [6, 6.07) is 8.13. The van der Waals surface area contributed by atoms with E-state index < -0.39 is 9.84 Å². The summed E-state index contributed by atoms with van der Waals surface area (Å²) in [4.78, 5) is 0. The van der Waals surface area contributed by atoms with E-state index in [2.05, 4.69) is 5.32 Å². The molecule has 0 amide bonds. The van der Waals surface area contributed by atoms with Crippen LogP contribution in [-0.4, -0.2) is 27.0 Å². The van der Waals surface area contributed by atoms with Crippen molar-refractivity contribution < 1.29 is 8.42 Å². The van der Waals surface area contributed by atoms with Crippen molar-refractivity contribution in [3.8, 4) is 0 Å². The molecule has 118 valence electrons. The number of rotatable bonds is 8. The Morgan fingerprint density at radius 1 is 1.14 bits per heavy atom. The molecule has 0 unspecified atom stereocenters. The molecule has 0 aromatic heterocycles. The molecule has 1 aliphatic rings. The van der Waals surface area contributed by atoms with Crippen molar-refractivity contribution in [3.05, 3.63) is 29.8 Å². The van der Waals surface area contributed by atoms with E-state index >= 15 is 0 Å². The van der Waals surface area contributed by atoms with E-state index in [-0.39, 0.29) is 5.75 Å². The van der Waals surface area contributed by atoms with Crippen LogP contribution in [0.1, 0.15) is 44.1 Å². The zero-order valence-electron chi connectivity index (χ0n) is 13.0. The fourth-order valence-electron chi connectivity index (χ4n) is 3.02. The van der Waals surface area contributed by atoms with Crippen molar-refractivity contribution in [2.75, 3.05) is 23.9 Å². The van der Waals surface area contributed by atoms with Crippen LogP contribution in [0, 0.1) is 5.92 Å². The van der Waals surface area contributed by atoms with Crippen molar-refractivity contribution in [2.45, 2.75) is 44.9 Å². The van der Waals surface area contributed by atoms with Gasteiger partial charge in [-0.1, -0.05) is 37.8 Å². The normalized spacial score (nSPS) is 16.2. The van der Waals surface area contributed by atoms with Crippen molar-refractivity contribution in [1.29, 1.82) is 0 Å². The van der Waals surface area contributed by atoms with E-state index in [1.54, 1.807) is 0 Å². The smallest absolute Gasteiger partial charge is 0.147 e. The van der Waals surface area contributed by atoms with Gasteiger partial charge in [0.15, 0.2) is 0 Å². The molecule has 0 heterocycles. The summed E-state index contributed by atoms with van der Waals surface area (Å²) in [5.74, 6) is 1.19. The summed E-state index contributed by atoms with van der Waals surface area (Å²) >= 11 is 0. The highest BCUT2D eigenvalue weighted by Crippen LogP contribution is 2.28. The van der Waals surface area contributed by atoms with Crippen LogP contribution < -0.4 is 5.32 Å². The lowest BCUT2D eigenvalue weighted by molar-refractivity contribution is 0.491. The number of benzene rings is 1. The van der Waals surface area contributed by atoms with Crippen LogP contribution in [0.4, 0.5) is 5.69 Å². The quantitative estimate of drug-likeness (QED) is 0.746. The second-order valence-corrected chi connectivity index (χ2v) is 8.56. The molecule has 1 aromatic rings.